The molecule has 1 heterocycles. The van der Waals surface area contributed by atoms with E-state index in [1.165, 1.54) is 0 Å². The van der Waals surface area contributed by atoms with Crippen LogP contribution >= 0.6 is 11.8 Å². The van der Waals surface area contributed by atoms with Gasteiger partial charge in [0.1, 0.15) is 6.54 Å². The summed E-state index contributed by atoms with van der Waals surface area (Å²) < 4.78 is 0. The van der Waals surface area contributed by atoms with Gasteiger partial charge in [0.2, 0.25) is 5.91 Å². The predicted molar refractivity (Wildman–Crippen MR) is 101 cm³/mol. The van der Waals surface area contributed by atoms with Gasteiger partial charge in [-0.25, -0.2) is 4.79 Å². The summed E-state index contributed by atoms with van der Waals surface area (Å²) in [4.78, 5) is 48.9. The molecule has 0 atom stereocenters. The first-order chi connectivity index (χ1) is 13.3. The van der Waals surface area contributed by atoms with Gasteiger partial charge in [-0.2, -0.15) is 0 Å². The maximum atomic E-state index is 12.4. The summed E-state index contributed by atoms with van der Waals surface area (Å²) in [7, 11) is 0. The van der Waals surface area contributed by atoms with Crippen LogP contribution in [0, 0.1) is 0 Å². The van der Waals surface area contributed by atoms with Gasteiger partial charge in [0.15, 0.2) is 0 Å². The van der Waals surface area contributed by atoms with E-state index < -0.39 is 35.3 Å². The van der Waals surface area contributed by atoms with Crippen molar-refractivity contribution in [1.29, 1.82) is 0 Å². The lowest BCUT2D eigenvalue weighted by molar-refractivity contribution is -0.268. The van der Waals surface area contributed by atoms with Gasteiger partial charge in [-0.3, -0.25) is 19.3 Å². The van der Waals surface area contributed by atoms with Crippen LogP contribution in [0.5, 0.6) is 5.75 Å². The van der Waals surface area contributed by atoms with E-state index in [1.807, 2.05) is 6.07 Å². The van der Waals surface area contributed by atoms with Gasteiger partial charge in [0.25, 0.3) is 11.1 Å². The molecule has 2 aromatic rings. The Kier molecular flexibility index (Phi) is 5.46. The minimum absolute atomic E-state index is 0.0936. The van der Waals surface area contributed by atoms with Crippen molar-refractivity contribution in [2.75, 3.05) is 11.9 Å². The minimum Gasteiger partial charge on any atom is -0.872 e. The Bertz CT molecular complexity index is 1000. The number of carboxylic acid groups (broad SMARTS) is 1. The first-order valence-electron chi connectivity index (χ1n) is 8.00. The molecule has 3 rings (SSSR count). The van der Waals surface area contributed by atoms with E-state index in [0.717, 1.165) is 40.4 Å². The van der Waals surface area contributed by atoms with Gasteiger partial charge in [-0.15, -0.1) is 5.75 Å². The molecule has 0 saturated carbocycles. The van der Waals surface area contributed by atoms with Crippen molar-refractivity contribution >= 4 is 46.5 Å². The number of carbonyl (C=O) groups is 4. The number of rotatable bonds is 5. The Morgan fingerprint density at radius 3 is 2.54 bits per heavy atom. The highest BCUT2D eigenvalue weighted by Gasteiger charge is 2.36. The van der Waals surface area contributed by atoms with Crippen molar-refractivity contribution in [3.05, 3.63) is 64.6 Å². The van der Waals surface area contributed by atoms with Crippen molar-refractivity contribution in [2.24, 2.45) is 0 Å². The predicted octanol–water partition coefficient (Wildman–Crippen LogP) is 2.13. The van der Waals surface area contributed by atoms with Crippen molar-refractivity contribution in [3.63, 3.8) is 0 Å². The number of benzene rings is 2. The molecule has 9 heteroatoms. The van der Waals surface area contributed by atoms with E-state index in [-0.39, 0.29) is 16.2 Å². The minimum atomic E-state index is -1.38. The first kappa shape index (κ1) is 19.2. The van der Waals surface area contributed by atoms with Gasteiger partial charge < -0.3 is 15.5 Å². The van der Waals surface area contributed by atoms with E-state index >= 15 is 0 Å². The van der Waals surface area contributed by atoms with Gasteiger partial charge in [-0.1, -0.05) is 42.5 Å². The van der Waals surface area contributed by atoms with Crippen LogP contribution in [-0.2, 0) is 9.59 Å². The molecular weight excluding hydrogens is 384 g/mol. The molecule has 142 valence electrons. The molecule has 0 unspecified atom stereocenters. The van der Waals surface area contributed by atoms with E-state index in [9.17, 15) is 24.3 Å². The summed E-state index contributed by atoms with van der Waals surface area (Å²) in [5.74, 6) is -3.27. The van der Waals surface area contributed by atoms with Crippen molar-refractivity contribution in [1.82, 2.24) is 4.90 Å². The van der Waals surface area contributed by atoms with E-state index in [1.54, 1.807) is 30.3 Å². The number of nitrogens with zero attached hydrogens (tertiary/aromatic N) is 1. The molecule has 0 spiro atoms. The lowest BCUT2D eigenvalue weighted by Gasteiger charge is -2.15. The second kappa shape index (κ2) is 7.97. The number of imide groups is 1. The van der Waals surface area contributed by atoms with Gasteiger partial charge in [0, 0.05) is 0 Å². The topological polar surface area (TPSA) is 127 Å². The molecule has 28 heavy (non-hydrogen) atoms. The monoisotopic (exact) mass is 397 g/mol. The Morgan fingerprint density at radius 1 is 1.14 bits per heavy atom. The number of carboxylic acids is 1. The highest BCUT2D eigenvalue weighted by atomic mass is 32.2. The Balaban J connectivity index is 1.73. The second-order valence-electron chi connectivity index (χ2n) is 5.74. The van der Waals surface area contributed by atoms with Crippen LogP contribution in [0.1, 0.15) is 15.9 Å². The number of anilines is 1. The number of hydrogen-bond donors (Lipinski definition) is 2. The van der Waals surface area contributed by atoms with Crippen molar-refractivity contribution in [2.45, 2.75) is 0 Å². The smallest absolute Gasteiger partial charge is 0.337 e. The molecule has 2 aromatic carbocycles. The second-order valence-corrected chi connectivity index (χ2v) is 6.73. The number of thioether (sulfide) groups is 1. The zero-order chi connectivity index (χ0) is 20.3. The van der Waals surface area contributed by atoms with Gasteiger partial charge in [0.05, 0.1) is 16.2 Å². The number of aromatic carboxylic acids is 1. The number of amides is 3. The summed E-state index contributed by atoms with van der Waals surface area (Å²) in [6.07, 6.45) is 1.55. The van der Waals surface area contributed by atoms with Crippen molar-refractivity contribution in [3.8, 4) is 5.75 Å². The molecule has 0 bridgehead atoms. The molecule has 0 radical (unpaired) electrons. The fourth-order valence-corrected chi connectivity index (χ4v) is 3.32. The van der Waals surface area contributed by atoms with Crippen LogP contribution in [0.4, 0.5) is 10.5 Å². The van der Waals surface area contributed by atoms with Crippen LogP contribution in [0.2, 0.25) is 0 Å². The lowest BCUT2D eigenvalue weighted by Crippen LogP contribution is -2.36. The number of carbonyl (C=O) groups excluding carboxylic acids is 3. The largest absolute Gasteiger partial charge is 0.872 e. The fraction of sp³-hybridized carbons (Fsp3) is 0.0526. The molecule has 0 aliphatic carbocycles. The third kappa shape index (κ3) is 4.21. The Hall–Kier alpha value is -3.59. The molecular formula is C19H13N2O6S-. The molecule has 0 aromatic heterocycles. The fourth-order valence-electron chi connectivity index (χ4n) is 2.48. The number of nitrogens with one attached hydrogen (secondary N) is 1. The maximum Gasteiger partial charge on any atom is 0.337 e. The Morgan fingerprint density at radius 2 is 1.86 bits per heavy atom. The summed E-state index contributed by atoms with van der Waals surface area (Å²) >= 11 is 0.718. The van der Waals surface area contributed by atoms with Gasteiger partial charge in [-0.05, 0) is 29.5 Å². The molecule has 2 N–H and O–H groups in total. The zero-order valence-electron chi connectivity index (χ0n) is 14.2. The average Bonchev–Trinajstić information content (AvgIpc) is 2.91. The quantitative estimate of drug-likeness (QED) is 0.740. The third-order valence-corrected chi connectivity index (χ3v) is 4.68. The highest BCUT2D eigenvalue weighted by Crippen LogP contribution is 2.32. The SMILES string of the molecule is O=C(CN1C(=O)S/C(=C/c2ccccc2)C1=O)Nc1ccc([O-])cc1C(=O)O. The molecule has 1 aliphatic rings. The molecule has 1 saturated heterocycles. The normalized spacial score (nSPS) is 15.1. The average molecular weight is 397 g/mol. The summed E-state index contributed by atoms with van der Waals surface area (Å²) in [6, 6.07) is 12.1. The van der Waals surface area contributed by atoms with E-state index in [0.29, 0.717) is 0 Å². The molecule has 1 aliphatic heterocycles. The summed E-state index contributed by atoms with van der Waals surface area (Å²) in [5, 5.41) is 22.1. The summed E-state index contributed by atoms with van der Waals surface area (Å²) in [5.41, 5.74) is 0.268. The molecule has 1 fully saturated rings. The Labute approximate surface area is 163 Å². The van der Waals surface area contributed by atoms with Gasteiger partial charge >= 0.3 is 5.97 Å². The lowest BCUT2D eigenvalue weighted by atomic mass is 10.1. The highest BCUT2D eigenvalue weighted by molar-refractivity contribution is 8.18. The number of hydrogen-bond acceptors (Lipinski definition) is 6. The maximum absolute atomic E-state index is 12.4. The van der Waals surface area contributed by atoms with Crippen LogP contribution in [-0.4, -0.2) is 39.6 Å². The zero-order valence-corrected chi connectivity index (χ0v) is 15.1. The summed E-state index contributed by atoms with van der Waals surface area (Å²) in [6.45, 7) is -0.574. The first-order valence-corrected chi connectivity index (χ1v) is 8.81. The van der Waals surface area contributed by atoms with E-state index in [2.05, 4.69) is 5.32 Å². The van der Waals surface area contributed by atoms with Crippen LogP contribution in [0.15, 0.2) is 53.4 Å². The molecule has 8 nitrogen and oxygen atoms in total. The van der Waals surface area contributed by atoms with E-state index in [4.69, 9.17) is 5.11 Å². The van der Waals surface area contributed by atoms with Crippen LogP contribution in [0.25, 0.3) is 6.08 Å². The van der Waals surface area contributed by atoms with Crippen LogP contribution in [0.3, 0.4) is 0 Å². The van der Waals surface area contributed by atoms with Crippen LogP contribution < -0.4 is 10.4 Å². The third-order valence-electron chi connectivity index (χ3n) is 3.77. The standard InChI is InChI=1S/C19H14N2O6S/c22-12-6-7-14(13(9-12)18(25)26)20-16(23)10-21-17(24)15(28-19(21)27)8-11-4-2-1-3-5-11/h1-9,22H,10H2,(H,20,23)(H,25,26)/p-1/b15-8+. The molecule has 3 amide bonds. The van der Waals surface area contributed by atoms with Crippen molar-refractivity contribution < 1.29 is 29.4 Å².